The van der Waals surface area contributed by atoms with Crippen molar-refractivity contribution in [3.63, 3.8) is 0 Å². The molecule has 1 amide bonds. The largest absolute Gasteiger partial charge is 0.445 e. The topological polar surface area (TPSA) is 65.2 Å². The molecule has 0 atom stereocenters. The standard InChI is InChI=1S/C15H12N2O2/c16-15(18)19-9-12-10-5-1-3-7-13(10)17-14-8-4-2-6-11(12)14/h1-8H,9H2,(H2,16,18). The molecule has 2 aromatic carbocycles. The highest BCUT2D eigenvalue weighted by atomic mass is 16.5. The van der Waals surface area contributed by atoms with Crippen molar-refractivity contribution in [3.05, 3.63) is 54.1 Å². The Morgan fingerprint density at radius 3 is 2.05 bits per heavy atom. The first-order valence-electron chi connectivity index (χ1n) is 5.94. The number of nitrogens with zero attached hydrogens (tertiary/aromatic N) is 1. The maximum atomic E-state index is 10.8. The molecule has 19 heavy (non-hydrogen) atoms. The Morgan fingerprint density at radius 2 is 1.53 bits per heavy atom. The highest BCUT2D eigenvalue weighted by Crippen LogP contribution is 2.26. The van der Waals surface area contributed by atoms with E-state index in [-0.39, 0.29) is 6.61 Å². The first-order valence-corrected chi connectivity index (χ1v) is 5.94. The molecule has 3 aromatic rings. The van der Waals surface area contributed by atoms with Crippen LogP contribution in [0.3, 0.4) is 0 Å². The van der Waals surface area contributed by atoms with Gasteiger partial charge in [-0.3, -0.25) is 0 Å². The molecule has 0 bridgehead atoms. The highest BCUT2D eigenvalue weighted by Gasteiger charge is 2.09. The fraction of sp³-hybridized carbons (Fsp3) is 0.0667. The van der Waals surface area contributed by atoms with Gasteiger partial charge in [0.25, 0.3) is 0 Å². The molecular weight excluding hydrogens is 240 g/mol. The predicted molar refractivity (Wildman–Crippen MR) is 73.6 cm³/mol. The summed E-state index contributed by atoms with van der Waals surface area (Å²) in [6, 6.07) is 15.6. The fourth-order valence-corrected chi connectivity index (χ4v) is 2.23. The number of amides is 1. The van der Waals surface area contributed by atoms with Crippen LogP contribution in [0.15, 0.2) is 48.5 Å². The lowest BCUT2D eigenvalue weighted by Gasteiger charge is -2.10. The van der Waals surface area contributed by atoms with E-state index < -0.39 is 6.09 Å². The summed E-state index contributed by atoms with van der Waals surface area (Å²) in [5, 5.41) is 1.95. The summed E-state index contributed by atoms with van der Waals surface area (Å²) in [4.78, 5) is 15.4. The zero-order valence-corrected chi connectivity index (χ0v) is 10.2. The Kier molecular flexibility index (Phi) is 2.76. The monoisotopic (exact) mass is 252 g/mol. The van der Waals surface area contributed by atoms with E-state index in [1.807, 2.05) is 48.5 Å². The molecular formula is C15H12N2O2. The van der Waals surface area contributed by atoms with Crippen molar-refractivity contribution in [1.29, 1.82) is 0 Å². The minimum atomic E-state index is -0.773. The number of benzene rings is 2. The van der Waals surface area contributed by atoms with Gasteiger partial charge in [0.15, 0.2) is 0 Å². The maximum absolute atomic E-state index is 10.8. The quantitative estimate of drug-likeness (QED) is 0.713. The number of ether oxygens (including phenoxy) is 1. The molecule has 4 heteroatoms. The zero-order valence-electron chi connectivity index (χ0n) is 10.2. The minimum absolute atomic E-state index is 0.152. The Bertz CT molecular complexity index is 714. The first kappa shape index (κ1) is 11.5. The molecule has 0 spiro atoms. The third-order valence-electron chi connectivity index (χ3n) is 3.06. The molecule has 2 N–H and O–H groups in total. The fourth-order valence-electron chi connectivity index (χ4n) is 2.23. The average Bonchev–Trinajstić information content (AvgIpc) is 2.43. The summed E-state index contributed by atoms with van der Waals surface area (Å²) < 4.78 is 4.96. The van der Waals surface area contributed by atoms with Crippen molar-refractivity contribution in [2.24, 2.45) is 5.73 Å². The smallest absolute Gasteiger partial charge is 0.404 e. The molecule has 0 aliphatic rings. The summed E-state index contributed by atoms with van der Waals surface area (Å²) in [6.45, 7) is 0.152. The molecule has 94 valence electrons. The van der Waals surface area contributed by atoms with E-state index in [2.05, 4.69) is 4.98 Å². The molecule has 0 unspecified atom stereocenters. The van der Waals surface area contributed by atoms with Crippen molar-refractivity contribution in [1.82, 2.24) is 4.98 Å². The van der Waals surface area contributed by atoms with Crippen LogP contribution in [0, 0.1) is 0 Å². The molecule has 1 heterocycles. The van der Waals surface area contributed by atoms with Gasteiger partial charge in [-0.05, 0) is 12.1 Å². The van der Waals surface area contributed by atoms with E-state index >= 15 is 0 Å². The molecule has 0 fully saturated rings. The van der Waals surface area contributed by atoms with Crippen LogP contribution in [-0.4, -0.2) is 11.1 Å². The average molecular weight is 252 g/mol. The second kappa shape index (κ2) is 4.57. The minimum Gasteiger partial charge on any atom is -0.445 e. The number of carbonyl (C=O) groups is 1. The number of hydrogen-bond acceptors (Lipinski definition) is 3. The first-order chi connectivity index (χ1) is 9.25. The molecule has 0 aliphatic heterocycles. The third kappa shape index (κ3) is 2.08. The van der Waals surface area contributed by atoms with E-state index in [1.165, 1.54) is 0 Å². The summed E-state index contributed by atoms with van der Waals surface area (Å²) in [5.74, 6) is 0. The maximum Gasteiger partial charge on any atom is 0.404 e. The second-order valence-electron chi connectivity index (χ2n) is 4.23. The summed E-state index contributed by atoms with van der Waals surface area (Å²) in [6.07, 6.45) is -0.773. The van der Waals surface area contributed by atoms with Gasteiger partial charge >= 0.3 is 6.09 Å². The number of pyridine rings is 1. The van der Waals surface area contributed by atoms with Gasteiger partial charge in [0.05, 0.1) is 11.0 Å². The highest BCUT2D eigenvalue weighted by molar-refractivity contribution is 5.97. The summed E-state index contributed by atoms with van der Waals surface area (Å²) in [5.41, 5.74) is 7.74. The normalized spacial score (nSPS) is 10.7. The van der Waals surface area contributed by atoms with Crippen LogP contribution in [0.1, 0.15) is 5.56 Å². The van der Waals surface area contributed by atoms with Crippen LogP contribution in [0.25, 0.3) is 21.8 Å². The zero-order chi connectivity index (χ0) is 13.2. The van der Waals surface area contributed by atoms with Crippen LogP contribution >= 0.6 is 0 Å². The third-order valence-corrected chi connectivity index (χ3v) is 3.06. The number of aromatic nitrogens is 1. The van der Waals surface area contributed by atoms with Gasteiger partial charge in [0, 0.05) is 16.3 Å². The lowest BCUT2D eigenvalue weighted by Crippen LogP contribution is -2.13. The van der Waals surface area contributed by atoms with E-state index in [9.17, 15) is 4.79 Å². The van der Waals surface area contributed by atoms with Crippen molar-refractivity contribution >= 4 is 27.9 Å². The second-order valence-corrected chi connectivity index (χ2v) is 4.23. The molecule has 3 rings (SSSR count). The van der Waals surface area contributed by atoms with Crippen LogP contribution in [-0.2, 0) is 11.3 Å². The van der Waals surface area contributed by atoms with Gasteiger partial charge in [-0.2, -0.15) is 0 Å². The predicted octanol–water partition coefficient (Wildman–Crippen LogP) is 2.98. The van der Waals surface area contributed by atoms with Crippen LogP contribution in [0.4, 0.5) is 4.79 Å². The molecule has 1 aromatic heterocycles. The Balaban J connectivity index is 2.29. The van der Waals surface area contributed by atoms with Gasteiger partial charge in [-0.25, -0.2) is 9.78 Å². The van der Waals surface area contributed by atoms with Crippen LogP contribution in [0.2, 0.25) is 0 Å². The summed E-state index contributed by atoms with van der Waals surface area (Å²) in [7, 11) is 0. The van der Waals surface area contributed by atoms with E-state index in [0.29, 0.717) is 0 Å². The molecule has 0 saturated heterocycles. The number of hydrogen-bond donors (Lipinski definition) is 1. The van der Waals surface area contributed by atoms with Crippen molar-refractivity contribution in [3.8, 4) is 0 Å². The molecule has 0 saturated carbocycles. The Hall–Kier alpha value is -2.62. The molecule has 0 radical (unpaired) electrons. The summed E-state index contributed by atoms with van der Waals surface area (Å²) >= 11 is 0. The van der Waals surface area contributed by atoms with Crippen LogP contribution < -0.4 is 5.73 Å². The van der Waals surface area contributed by atoms with Crippen molar-refractivity contribution in [2.45, 2.75) is 6.61 Å². The SMILES string of the molecule is NC(=O)OCc1c2ccccc2nc2ccccc12. The Morgan fingerprint density at radius 1 is 1.00 bits per heavy atom. The molecule has 4 nitrogen and oxygen atoms in total. The number of primary amides is 1. The van der Waals surface area contributed by atoms with Gasteiger partial charge in [0.1, 0.15) is 6.61 Å². The van der Waals surface area contributed by atoms with Crippen molar-refractivity contribution < 1.29 is 9.53 Å². The van der Waals surface area contributed by atoms with E-state index in [1.54, 1.807) is 0 Å². The van der Waals surface area contributed by atoms with E-state index in [0.717, 1.165) is 27.4 Å². The number of para-hydroxylation sites is 2. The van der Waals surface area contributed by atoms with E-state index in [4.69, 9.17) is 10.5 Å². The molecule has 0 aliphatic carbocycles. The lowest BCUT2D eigenvalue weighted by molar-refractivity contribution is 0.151. The van der Waals surface area contributed by atoms with Gasteiger partial charge in [-0.1, -0.05) is 36.4 Å². The van der Waals surface area contributed by atoms with Crippen LogP contribution in [0.5, 0.6) is 0 Å². The number of nitrogens with two attached hydrogens (primary N) is 1. The lowest BCUT2D eigenvalue weighted by atomic mass is 10.0. The van der Waals surface area contributed by atoms with Crippen molar-refractivity contribution in [2.75, 3.05) is 0 Å². The Labute approximate surface area is 109 Å². The van der Waals surface area contributed by atoms with Gasteiger partial charge < -0.3 is 10.5 Å². The van der Waals surface area contributed by atoms with Gasteiger partial charge in [-0.15, -0.1) is 0 Å². The number of rotatable bonds is 2. The number of carbonyl (C=O) groups excluding carboxylic acids is 1. The van der Waals surface area contributed by atoms with Gasteiger partial charge in [0.2, 0.25) is 0 Å². The number of fused-ring (bicyclic) bond motifs is 2.